The van der Waals surface area contributed by atoms with Crippen molar-refractivity contribution in [3.8, 4) is 23.0 Å². The van der Waals surface area contributed by atoms with Gasteiger partial charge in [0.2, 0.25) is 11.7 Å². The highest BCUT2D eigenvalue weighted by atomic mass is 16.5. The molecule has 33 heavy (non-hydrogen) atoms. The van der Waals surface area contributed by atoms with E-state index in [0.29, 0.717) is 17.1 Å². The molecule has 1 aromatic carbocycles. The topological polar surface area (TPSA) is 120 Å². The quantitative estimate of drug-likeness (QED) is 0.506. The Morgan fingerprint density at radius 2 is 1.91 bits per heavy atom. The summed E-state index contributed by atoms with van der Waals surface area (Å²) in [6.07, 6.45) is 3.13. The predicted molar refractivity (Wildman–Crippen MR) is 120 cm³/mol. The van der Waals surface area contributed by atoms with Gasteiger partial charge in [0.05, 0.1) is 26.9 Å². The van der Waals surface area contributed by atoms with E-state index in [2.05, 4.69) is 10.3 Å². The van der Waals surface area contributed by atoms with E-state index < -0.39 is 11.5 Å². The first-order valence-electron chi connectivity index (χ1n) is 10.2. The van der Waals surface area contributed by atoms with E-state index in [-0.39, 0.29) is 41.7 Å². The van der Waals surface area contributed by atoms with Crippen LogP contribution >= 0.6 is 0 Å². The second kappa shape index (κ2) is 10.5. The largest absolute Gasteiger partial charge is 0.507 e. The molecular formula is C24H26N2O7. The van der Waals surface area contributed by atoms with Crippen molar-refractivity contribution < 1.29 is 28.5 Å². The minimum absolute atomic E-state index is 0.0531. The summed E-state index contributed by atoms with van der Waals surface area (Å²) >= 11 is 0. The summed E-state index contributed by atoms with van der Waals surface area (Å²) in [6, 6.07) is 8.25. The zero-order valence-corrected chi connectivity index (χ0v) is 18.9. The van der Waals surface area contributed by atoms with E-state index in [1.54, 1.807) is 37.5 Å². The number of aromatic hydroxyl groups is 1. The maximum absolute atomic E-state index is 12.9. The van der Waals surface area contributed by atoms with Gasteiger partial charge in [-0.2, -0.15) is 0 Å². The highest BCUT2D eigenvalue weighted by Crippen LogP contribution is 2.45. The molecular weight excluding hydrogens is 428 g/mol. The Hall–Kier alpha value is -4.01. The molecule has 174 valence electrons. The molecule has 2 heterocycles. The number of ether oxygens (including phenoxy) is 3. The fourth-order valence-electron chi connectivity index (χ4n) is 3.65. The van der Waals surface area contributed by atoms with Crippen molar-refractivity contribution in [1.29, 1.82) is 0 Å². The number of hydrogen-bond acceptors (Lipinski definition) is 8. The molecule has 9 nitrogen and oxygen atoms in total. The first kappa shape index (κ1) is 23.6. The van der Waals surface area contributed by atoms with Gasteiger partial charge in [-0.25, -0.2) is 4.79 Å². The predicted octanol–water partition coefficient (Wildman–Crippen LogP) is 2.91. The van der Waals surface area contributed by atoms with Crippen molar-refractivity contribution in [3.05, 3.63) is 75.6 Å². The molecule has 2 aromatic heterocycles. The monoisotopic (exact) mass is 454 g/mol. The van der Waals surface area contributed by atoms with Gasteiger partial charge in [0.25, 0.3) is 0 Å². The van der Waals surface area contributed by atoms with Crippen molar-refractivity contribution >= 4 is 5.91 Å². The molecule has 0 fully saturated rings. The zero-order valence-electron chi connectivity index (χ0n) is 18.9. The van der Waals surface area contributed by atoms with Gasteiger partial charge in [-0.3, -0.25) is 9.78 Å². The number of carbonyl (C=O) groups is 1. The van der Waals surface area contributed by atoms with E-state index in [0.717, 1.165) is 5.56 Å². The third-order valence-corrected chi connectivity index (χ3v) is 5.15. The smallest absolute Gasteiger partial charge is 0.343 e. The third kappa shape index (κ3) is 5.25. The highest BCUT2D eigenvalue weighted by Gasteiger charge is 2.30. The van der Waals surface area contributed by atoms with Gasteiger partial charge in [0, 0.05) is 42.9 Å². The molecule has 1 atom stereocenters. The highest BCUT2D eigenvalue weighted by molar-refractivity contribution is 5.78. The summed E-state index contributed by atoms with van der Waals surface area (Å²) in [5, 5.41) is 13.4. The summed E-state index contributed by atoms with van der Waals surface area (Å²) in [4.78, 5) is 29.7. The first-order valence-corrected chi connectivity index (χ1v) is 10.2. The SMILES string of the molecule is COc1ccc([C@H](CC(=O)NCc2cccnc2)c2c(O)cc(C)oc2=O)c(OC)c1OC. The lowest BCUT2D eigenvalue weighted by molar-refractivity contribution is -0.121. The molecule has 0 saturated heterocycles. The van der Waals surface area contributed by atoms with Crippen molar-refractivity contribution in [2.45, 2.75) is 25.8 Å². The molecule has 3 rings (SSSR count). The molecule has 0 spiro atoms. The number of pyridine rings is 1. The molecule has 3 aromatic rings. The number of aryl methyl sites for hydroxylation is 1. The lowest BCUT2D eigenvalue weighted by Gasteiger charge is -2.22. The summed E-state index contributed by atoms with van der Waals surface area (Å²) in [6.45, 7) is 1.81. The molecule has 0 radical (unpaired) electrons. The van der Waals surface area contributed by atoms with Crippen LogP contribution in [0.1, 0.15) is 34.8 Å². The molecule has 1 amide bonds. The molecule has 2 N–H and O–H groups in total. The second-order valence-corrected chi connectivity index (χ2v) is 7.26. The Balaban J connectivity index is 2.05. The Labute approximate surface area is 190 Å². The van der Waals surface area contributed by atoms with Crippen LogP contribution in [-0.2, 0) is 11.3 Å². The molecule has 0 aliphatic heterocycles. The van der Waals surface area contributed by atoms with E-state index in [1.807, 2.05) is 6.07 Å². The normalized spacial score (nSPS) is 11.5. The van der Waals surface area contributed by atoms with Gasteiger partial charge in [-0.1, -0.05) is 12.1 Å². The summed E-state index contributed by atoms with van der Waals surface area (Å²) in [5.41, 5.74) is 0.485. The van der Waals surface area contributed by atoms with Gasteiger partial charge < -0.3 is 29.1 Å². The third-order valence-electron chi connectivity index (χ3n) is 5.15. The van der Waals surface area contributed by atoms with Crippen LogP contribution in [0.4, 0.5) is 0 Å². The van der Waals surface area contributed by atoms with Crippen LogP contribution in [0, 0.1) is 6.92 Å². The van der Waals surface area contributed by atoms with Crippen molar-refractivity contribution in [3.63, 3.8) is 0 Å². The summed E-state index contributed by atoms with van der Waals surface area (Å²) in [5.74, 6) is -0.259. The van der Waals surface area contributed by atoms with Crippen molar-refractivity contribution in [2.75, 3.05) is 21.3 Å². The average Bonchev–Trinajstić information content (AvgIpc) is 2.81. The van der Waals surface area contributed by atoms with E-state index in [9.17, 15) is 14.7 Å². The fraction of sp³-hybridized carbons (Fsp3) is 0.292. The number of hydrogen-bond donors (Lipinski definition) is 2. The van der Waals surface area contributed by atoms with Gasteiger partial charge in [-0.15, -0.1) is 0 Å². The van der Waals surface area contributed by atoms with Crippen molar-refractivity contribution in [2.24, 2.45) is 0 Å². The Morgan fingerprint density at radius 1 is 1.15 bits per heavy atom. The van der Waals surface area contributed by atoms with Crippen LogP contribution in [-0.4, -0.2) is 37.3 Å². The van der Waals surface area contributed by atoms with Gasteiger partial charge in [-0.05, 0) is 24.6 Å². The van der Waals surface area contributed by atoms with Crippen LogP contribution in [0.3, 0.4) is 0 Å². The molecule has 0 aliphatic carbocycles. The molecule has 9 heteroatoms. The number of rotatable bonds is 9. The number of carbonyl (C=O) groups excluding carboxylic acids is 1. The maximum Gasteiger partial charge on any atom is 0.343 e. The van der Waals surface area contributed by atoms with Crippen LogP contribution in [0.5, 0.6) is 23.0 Å². The fourth-order valence-corrected chi connectivity index (χ4v) is 3.65. The number of amides is 1. The van der Waals surface area contributed by atoms with Gasteiger partial charge in [0.1, 0.15) is 11.5 Å². The second-order valence-electron chi connectivity index (χ2n) is 7.26. The van der Waals surface area contributed by atoms with E-state index >= 15 is 0 Å². The van der Waals surface area contributed by atoms with Gasteiger partial charge >= 0.3 is 5.63 Å². The Morgan fingerprint density at radius 3 is 2.52 bits per heavy atom. The zero-order chi connectivity index (χ0) is 24.0. The van der Waals surface area contributed by atoms with E-state index in [1.165, 1.54) is 27.4 Å². The van der Waals surface area contributed by atoms with Crippen LogP contribution in [0.2, 0.25) is 0 Å². The molecule has 0 bridgehead atoms. The summed E-state index contributed by atoms with van der Waals surface area (Å²) < 4.78 is 21.6. The van der Waals surface area contributed by atoms with Crippen molar-refractivity contribution in [1.82, 2.24) is 10.3 Å². The number of nitrogens with zero attached hydrogens (tertiary/aromatic N) is 1. The minimum atomic E-state index is -0.884. The number of nitrogens with one attached hydrogen (secondary N) is 1. The molecule has 0 saturated carbocycles. The number of benzene rings is 1. The van der Waals surface area contributed by atoms with Gasteiger partial charge in [0.15, 0.2) is 11.5 Å². The minimum Gasteiger partial charge on any atom is -0.507 e. The Bertz CT molecular complexity index is 1180. The lowest BCUT2D eigenvalue weighted by Crippen LogP contribution is -2.27. The first-order chi connectivity index (χ1) is 15.9. The maximum atomic E-state index is 12.9. The molecule has 0 aliphatic rings. The average molecular weight is 454 g/mol. The van der Waals surface area contributed by atoms with E-state index in [4.69, 9.17) is 18.6 Å². The summed E-state index contributed by atoms with van der Waals surface area (Å²) in [7, 11) is 4.38. The lowest BCUT2D eigenvalue weighted by atomic mass is 9.87. The number of aromatic nitrogens is 1. The Kier molecular flexibility index (Phi) is 7.55. The number of methoxy groups -OCH3 is 3. The molecule has 0 unspecified atom stereocenters. The van der Waals surface area contributed by atoms with Crippen LogP contribution < -0.4 is 25.2 Å². The van der Waals surface area contributed by atoms with Crippen LogP contribution in [0.25, 0.3) is 0 Å². The standard InChI is InChI=1S/C24H26N2O7/c1-14-10-18(27)21(24(29)33-14)17(11-20(28)26-13-15-6-5-9-25-12-15)16-7-8-19(30-2)23(32-4)22(16)31-3/h5-10,12,17,27H,11,13H2,1-4H3,(H,26,28)/t17-/m0/s1. The van der Waals surface area contributed by atoms with Crippen LogP contribution in [0.15, 0.2) is 51.9 Å².